The highest BCUT2D eigenvalue weighted by molar-refractivity contribution is 5.90. The van der Waals surface area contributed by atoms with Crippen molar-refractivity contribution in [2.75, 3.05) is 6.54 Å². The molecule has 2 aromatic heterocycles. The normalized spacial score (nSPS) is 20.9. The Morgan fingerprint density at radius 3 is 2.52 bits per heavy atom. The number of hydrogen-bond donors (Lipinski definition) is 2. The van der Waals surface area contributed by atoms with Gasteiger partial charge in [-0.25, -0.2) is 9.36 Å². The van der Waals surface area contributed by atoms with E-state index in [2.05, 4.69) is 20.7 Å². The molecule has 1 unspecified atom stereocenters. The average Bonchev–Trinajstić information content (AvgIpc) is 3.31. The molecule has 226 valence electrons. The number of alkyl halides is 3. The quantitative estimate of drug-likeness (QED) is 0.430. The minimum atomic E-state index is -4.49. The third-order valence-electron chi connectivity index (χ3n) is 8.00. The van der Waals surface area contributed by atoms with Crippen molar-refractivity contribution >= 4 is 11.8 Å². The largest absolute Gasteiger partial charge is 0.416 e. The van der Waals surface area contributed by atoms with Crippen LogP contribution in [0.4, 0.5) is 13.2 Å². The van der Waals surface area contributed by atoms with Gasteiger partial charge in [0.15, 0.2) is 0 Å². The molecule has 2 fully saturated rings. The Morgan fingerprint density at radius 1 is 1.17 bits per heavy atom. The van der Waals surface area contributed by atoms with E-state index in [1.807, 2.05) is 20.8 Å². The van der Waals surface area contributed by atoms with E-state index in [0.29, 0.717) is 17.2 Å². The van der Waals surface area contributed by atoms with Crippen LogP contribution in [0, 0.1) is 12.3 Å². The van der Waals surface area contributed by atoms with Gasteiger partial charge in [0.1, 0.15) is 12.1 Å². The van der Waals surface area contributed by atoms with Gasteiger partial charge in [-0.2, -0.15) is 18.3 Å². The zero-order valence-electron chi connectivity index (χ0n) is 24.3. The van der Waals surface area contributed by atoms with Gasteiger partial charge in [0.25, 0.3) is 0 Å². The van der Waals surface area contributed by atoms with Gasteiger partial charge in [-0.05, 0) is 50.3 Å². The van der Waals surface area contributed by atoms with Crippen molar-refractivity contribution in [3.05, 3.63) is 59.2 Å². The molecule has 1 aliphatic heterocycles. The van der Waals surface area contributed by atoms with E-state index in [0.717, 1.165) is 30.7 Å². The Hall–Kier alpha value is -3.74. The average molecular weight is 588 g/mol. The van der Waals surface area contributed by atoms with Crippen molar-refractivity contribution in [1.82, 2.24) is 35.0 Å². The number of carbonyl (C=O) groups is 2. The summed E-state index contributed by atoms with van der Waals surface area (Å²) in [7, 11) is 0. The van der Waals surface area contributed by atoms with Gasteiger partial charge in [0, 0.05) is 36.3 Å². The van der Waals surface area contributed by atoms with Crippen molar-refractivity contribution in [1.29, 1.82) is 0 Å². The molecule has 5 rings (SSSR count). The van der Waals surface area contributed by atoms with Crippen molar-refractivity contribution in [2.24, 2.45) is 5.41 Å². The van der Waals surface area contributed by atoms with Crippen LogP contribution >= 0.6 is 0 Å². The maximum atomic E-state index is 14.0. The standard InChI is InChI=1S/C29H36F3N7O3/c1-16(22-13-33-39(17(22)2)20-8-6-7-19(11-20)29(30,31)32)34-26(41)24-12-21(40)14-37(24)27(42)25(28(3,4)5)38-15-23(35-36-38)18-9-10-18/h6-8,11,13,15-16,18,21,24-25,40H,9-10,12,14H2,1-5H3,(H,34,41)/t16?,21-,24+,25-/m1/s1. The van der Waals surface area contributed by atoms with Gasteiger partial charge in [0.2, 0.25) is 11.8 Å². The van der Waals surface area contributed by atoms with E-state index in [4.69, 9.17) is 0 Å². The molecule has 0 spiro atoms. The summed E-state index contributed by atoms with van der Waals surface area (Å²) in [5, 5.41) is 26.2. The van der Waals surface area contributed by atoms with Crippen LogP contribution in [0.15, 0.2) is 36.7 Å². The fraction of sp³-hybridized carbons (Fsp3) is 0.552. The Bertz CT molecular complexity index is 1470. The topological polar surface area (TPSA) is 118 Å². The van der Waals surface area contributed by atoms with Gasteiger partial charge in [-0.15, -0.1) is 5.10 Å². The first-order chi connectivity index (χ1) is 19.6. The molecule has 3 heterocycles. The Kier molecular flexibility index (Phi) is 7.67. The van der Waals surface area contributed by atoms with E-state index in [1.54, 1.807) is 24.7 Å². The number of hydrogen-bond acceptors (Lipinski definition) is 6. The summed E-state index contributed by atoms with van der Waals surface area (Å²) in [4.78, 5) is 28.9. The molecule has 13 heteroatoms. The first kappa shape index (κ1) is 29.7. The monoisotopic (exact) mass is 587 g/mol. The lowest BCUT2D eigenvalue weighted by Crippen LogP contribution is -2.50. The number of aliphatic hydroxyl groups excluding tert-OH is 1. The van der Waals surface area contributed by atoms with Crippen LogP contribution in [0.2, 0.25) is 0 Å². The number of β-amino-alcohol motifs (C(OH)–C–C–N with tert-alkyl or cyclic N) is 1. The van der Waals surface area contributed by atoms with E-state index >= 15 is 0 Å². The summed E-state index contributed by atoms with van der Waals surface area (Å²) in [5.41, 5.74) is 0.928. The third-order valence-corrected chi connectivity index (χ3v) is 8.00. The van der Waals surface area contributed by atoms with Crippen molar-refractivity contribution in [2.45, 2.75) is 90.2 Å². The van der Waals surface area contributed by atoms with Gasteiger partial charge in [-0.3, -0.25) is 9.59 Å². The number of aromatic nitrogens is 5. The van der Waals surface area contributed by atoms with Crippen LogP contribution in [0.25, 0.3) is 5.69 Å². The number of nitrogens with one attached hydrogen (secondary N) is 1. The van der Waals surface area contributed by atoms with Gasteiger partial charge in [-0.1, -0.05) is 32.1 Å². The lowest BCUT2D eigenvalue weighted by atomic mass is 9.85. The van der Waals surface area contributed by atoms with Gasteiger partial charge < -0.3 is 15.3 Å². The molecule has 2 amide bonds. The molecule has 42 heavy (non-hydrogen) atoms. The zero-order valence-corrected chi connectivity index (χ0v) is 24.3. The third kappa shape index (κ3) is 5.92. The molecule has 0 bridgehead atoms. The number of benzene rings is 1. The van der Waals surface area contributed by atoms with Gasteiger partial charge in [0.05, 0.1) is 35.3 Å². The molecule has 3 aromatic rings. The summed E-state index contributed by atoms with van der Waals surface area (Å²) in [6.07, 6.45) is 0.117. The molecular formula is C29H36F3N7O3. The second kappa shape index (κ2) is 10.8. The Labute approximate surface area is 241 Å². The summed E-state index contributed by atoms with van der Waals surface area (Å²) >= 11 is 0. The lowest BCUT2D eigenvalue weighted by molar-refractivity contribution is -0.144. The maximum absolute atomic E-state index is 14.0. The molecular weight excluding hydrogens is 551 g/mol. The lowest BCUT2D eigenvalue weighted by Gasteiger charge is -2.34. The molecule has 10 nitrogen and oxygen atoms in total. The summed E-state index contributed by atoms with van der Waals surface area (Å²) < 4.78 is 42.7. The van der Waals surface area contributed by atoms with Crippen molar-refractivity contribution in [3.8, 4) is 5.69 Å². The predicted molar refractivity (Wildman–Crippen MR) is 146 cm³/mol. The summed E-state index contributed by atoms with van der Waals surface area (Å²) in [5.74, 6) is -0.402. The smallest absolute Gasteiger partial charge is 0.391 e. The van der Waals surface area contributed by atoms with E-state index in [1.165, 1.54) is 27.9 Å². The number of amides is 2. The van der Waals surface area contributed by atoms with Crippen LogP contribution in [0.5, 0.6) is 0 Å². The van der Waals surface area contributed by atoms with Crippen molar-refractivity contribution < 1.29 is 27.9 Å². The fourth-order valence-electron chi connectivity index (χ4n) is 5.64. The van der Waals surface area contributed by atoms with E-state index < -0.39 is 47.3 Å². The van der Waals surface area contributed by atoms with Gasteiger partial charge >= 0.3 is 6.18 Å². The molecule has 4 atom stereocenters. The number of rotatable bonds is 7. The number of halogens is 3. The highest BCUT2D eigenvalue weighted by atomic mass is 19.4. The molecule has 1 aromatic carbocycles. The fourth-order valence-corrected chi connectivity index (χ4v) is 5.64. The first-order valence-electron chi connectivity index (χ1n) is 14.1. The molecule has 2 aliphatic rings. The molecule has 2 N–H and O–H groups in total. The number of aliphatic hydroxyl groups is 1. The second-order valence-electron chi connectivity index (χ2n) is 12.4. The Balaban J connectivity index is 1.34. The molecule has 0 radical (unpaired) electrons. The summed E-state index contributed by atoms with van der Waals surface area (Å²) in [6, 6.07) is 2.65. The zero-order chi connectivity index (χ0) is 30.6. The minimum Gasteiger partial charge on any atom is -0.391 e. The highest BCUT2D eigenvalue weighted by Gasteiger charge is 2.45. The Morgan fingerprint density at radius 2 is 1.88 bits per heavy atom. The predicted octanol–water partition coefficient (Wildman–Crippen LogP) is 4.09. The molecule has 1 aliphatic carbocycles. The highest BCUT2D eigenvalue weighted by Crippen LogP contribution is 2.40. The van der Waals surface area contributed by atoms with Crippen LogP contribution in [0.3, 0.4) is 0 Å². The van der Waals surface area contributed by atoms with E-state index in [9.17, 15) is 27.9 Å². The van der Waals surface area contributed by atoms with Crippen molar-refractivity contribution in [3.63, 3.8) is 0 Å². The number of nitrogens with zero attached hydrogens (tertiary/aromatic N) is 6. The number of likely N-dealkylation sites (tertiary alicyclic amines) is 1. The van der Waals surface area contributed by atoms with E-state index in [-0.39, 0.29) is 24.6 Å². The molecule has 1 saturated heterocycles. The number of carbonyl (C=O) groups excluding carboxylic acids is 2. The van der Waals surface area contributed by atoms with Crippen LogP contribution in [-0.2, 0) is 15.8 Å². The minimum absolute atomic E-state index is 0.00850. The van der Waals surface area contributed by atoms with Crippen LogP contribution in [0.1, 0.15) is 87.5 Å². The molecule has 1 saturated carbocycles. The SMILES string of the molecule is Cc1c(C(C)NC(=O)[C@@H]2C[C@@H](O)CN2C(=O)[C@@H](n2cc(C3CC3)nn2)C(C)(C)C)cnn1-c1cccc(C(F)(F)F)c1. The second-order valence-corrected chi connectivity index (χ2v) is 12.4. The van der Waals surface area contributed by atoms with Crippen LogP contribution < -0.4 is 5.32 Å². The van der Waals surface area contributed by atoms with Crippen LogP contribution in [-0.4, -0.2) is 65.3 Å². The first-order valence-corrected chi connectivity index (χ1v) is 14.1. The summed E-state index contributed by atoms with van der Waals surface area (Å²) in [6.45, 7) is 9.22. The maximum Gasteiger partial charge on any atom is 0.416 e.